The largest absolute Gasteiger partial charge is 0.508 e. The number of epoxide rings is 1. The fraction of sp³-hybridized carbons (Fsp3) is 0.476. The molecule has 0 aliphatic carbocycles. The van der Waals surface area contributed by atoms with Gasteiger partial charge in [0.25, 0.3) is 0 Å². The van der Waals surface area contributed by atoms with Gasteiger partial charge >= 0.3 is 5.97 Å². The molecule has 0 amide bonds. The predicted molar refractivity (Wildman–Crippen MR) is 94.8 cm³/mol. The van der Waals surface area contributed by atoms with Gasteiger partial charge in [0.05, 0.1) is 0 Å². The lowest BCUT2D eigenvalue weighted by molar-refractivity contribution is -0.140. The lowest BCUT2D eigenvalue weighted by atomic mass is 9.85. The molecule has 0 aromatic heterocycles. The smallest absolute Gasteiger partial charge is 0.346 e. The zero-order valence-electron chi connectivity index (χ0n) is 14.8. The minimum atomic E-state index is -0.819. The molecule has 0 saturated carbocycles. The summed E-state index contributed by atoms with van der Waals surface area (Å²) in [5.74, 6) is 0.553. The van der Waals surface area contributed by atoms with Crippen LogP contribution < -0.4 is 4.74 Å². The van der Waals surface area contributed by atoms with Crippen molar-refractivity contribution in [3.63, 3.8) is 0 Å². The third-order valence-corrected chi connectivity index (χ3v) is 5.75. The summed E-state index contributed by atoms with van der Waals surface area (Å²) < 4.78 is 11.6. The molecule has 25 heavy (non-hydrogen) atoms. The average molecular weight is 340 g/mol. The van der Waals surface area contributed by atoms with E-state index in [0.717, 1.165) is 36.0 Å². The second-order valence-corrected chi connectivity index (χ2v) is 7.64. The molecule has 2 bridgehead atoms. The van der Waals surface area contributed by atoms with Crippen LogP contribution >= 0.6 is 0 Å². The van der Waals surface area contributed by atoms with Crippen molar-refractivity contribution in [1.29, 1.82) is 0 Å². The Hall–Kier alpha value is -2.07. The monoisotopic (exact) mass is 340 g/mol. The maximum absolute atomic E-state index is 12.8. The molecule has 3 aliphatic heterocycles. The molecule has 0 radical (unpaired) electrons. The predicted octanol–water partition coefficient (Wildman–Crippen LogP) is 4.17. The van der Waals surface area contributed by atoms with Crippen LogP contribution in [0.5, 0.6) is 11.5 Å². The molecule has 1 spiro atoms. The van der Waals surface area contributed by atoms with Gasteiger partial charge in [0.2, 0.25) is 0 Å². The number of rotatable bonds is 1. The highest BCUT2D eigenvalue weighted by Gasteiger charge is 2.64. The molecule has 3 heterocycles. The first-order valence-electron chi connectivity index (χ1n) is 8.97. The first-order chi connectivity index (χ1) is 11.9. The Bertz CT molecular complexity index is 791. The van der Waals surface area contributed by atoms with Gasteiger partial charge < -0.3 is 14.6 Å². The zero-order valence-corrected chi connectivity index (χ0v) is 14.8. The molecule has 3 atom stereocenters. The van der Waals surface area contributed by atoms with Crippen molar-refractivity contribution in [3.05, 3.63) is 47.1 Å². The number of benzene rings is 1. The molecule has 1 aromatic rings. The average Bonchev–Trinajstić information content (AvgIpc) is 3.23. The Balaban J connectivity index is 1.88. The molecule has 4 rings (SSSR count). The molecular weight excluding hydrogens is 316 g/mol. The van der Waals surface area contributed by atoms with Crippen LogP contribution in [0.2, 0.25) is 0 Å². The van der Waals surface area contributed by atoms with E-state index in [1.54, 1.807) is 12.1 Å². The van der Waals surface area contributed by atoms with Crippen molar-refractivity contribution >= 4 is 5.97 Å². The summed E-state index contributed by atoms with van der Waals surface area (Å²) in [6, 6.07) is 3.42. The van der Waals surface area contributed by atoms with Crippen molar-refractivity contribution in [2.45, 2.75) is 63.6 Å². The SMILES string of the molecule is C=C(C)C1CCC(C)=CCCC23OC2Cc2cc(O)cc1c2OC3=O. The van der Waals surface area contributed by atoms with Gasteiger partial charge in [-0.1, -0.05) is 23.8 Å². The van der Waals surface area contributed by atoms with Crippen molar-refractivity contribution in [2.75, 3.05) is 0 Å². The summed E-state index contributed by atoms with van der Waals surface area (Å²) in [4.78, 5) is 12.8. The number of aromatic hydroxyl groups is 1. The van der Waals surface area contributed by atoms with E-state index in [0.29, 0.717) is 18.6 Å². The van der Waals surface area contributed by atoms with E-state index in [4.69, 9.17) is 9.47 Å². The summed E-state index contributed by atoms with van der Waals surface area (Å²) in [5.41, 5.74) is 3.21. The molecule has 1 N–H and O–H groups in total. The summed E-state index contributed by atoms with van der Waals surface area (Å²) in [6.07, 6.45) is 5.93. The number of phenolic OH excluding ortho intramolecular Hbond substituents is 1. The second kappa shape index (κ2) is 5.73. The zero-order chi connectivity index (χ0) is 17.8. The van der Waals surface area contributed by atoms with Gasteiger partial charge in [-0.15, -0.1) is 0 Å². The summed E-state index contributed by atoms with van der Waals surface area (Å²) >= 11 is 0. The van der Waals surface area contributed by atoms with Gasteiger partial charge in [-0.3, -0.25) is 0 Å². The number of phenols is 1. The van der Waals surface area contributed by atoms with Gasteiger partial charge in [0.15, 0.2) is 5.60 Å². The summed E-state index contributed by atoms with van der Waals surface area (Å²) in [7, 11) is 0. The molecule has 4 nitrogen and oxygen atoms in total. The number of carbonyl (C=O) groups excluding carboxylic acids is 1. The number of ether oxygens (including phenoxy) is 2. The Labute approximate surface area is 148 Å². The van der Waals surface area contributed by atoms with E-state index < -0.39 is 5.60 Å². The highest BCUT2D eigenvalue weighted by Crippen LogP contribution is 2.50. The van der Waals surface area contributed by atoms with E-state index in [1.165, 1.54) is 5.57 Å². The number of carbonyl (C=O) groups is 1. The van der Waals surface area contributed by atoms with E-state index in [2.05, 4.69) is 19.6 Å². The molecular formula is C21H24O4. The topological polar surface area (TPSA) is 59.1 Å². The molecule has 1 aromatic carbocycles. The summed E-state index contributed by atoms with van der Waals surface area (Å²) in [5, 5.41) is 10.2. The van der Waals surface area contributed by atoms with Gasteiger partial charge in [-0.2, -0.15) is 0 Å². The minimum absolute atomic E-state index is 0.0442. The van der Waals surface area contributed by atoms with Crippen molar-refractivity contribution < 1.29 is 19.4 Å². The van der Waals surface area contributed by atoms with Gasteiger partial charge in [0, 0.05) is 23.5 Å². The van der Waals surface area contributed by atoms with E-state index >= 15 is 0 Å². The third-order valence-electron chi connectivity index (χ3n) is 5.75. The van der Waals surface area contributed by atoms with Gasteiger partial charge in [-0.25, -0.2) is 4.79 Å². The highest BCUT2D eigenvalue weighted by atomic mass is 16.7. The minimum Gasteiger partial charge on any atom is -0.508 e. The Morgan fingerprint density at radius 2 is 2.20 bits per heavy atom. The molecule has 1 saturated heterocycles. The van der Waals surface area contributed by atoms with Crippen molar-refractivity contribution in [3.8, 4) is 11.5 Å². The fourth-order valence-corrected chi connectivity index (χ4v) is 4.21. The van der Waals surface area contributed by atoms with E-state index in [9.17, 15) is 9.90 Å². The van der Waals surface area contributed by atoms with Crippen LogP contribution in [0.1, 0.15) is 56.6 Å². The van der Waals surface area contributed by atoms with E-state index in [-0.39, 0.29) is 23.7 Å². The van der Waals surface area contributed by atoms with Gasteiger partial charge in [-0.05, 0) is 51.7 Å². The maximum Gasteiger partial charge on any atom is 0.346 e. The molecule has 1 fully saturated rings. The lowest BCUT2D eigenvalue weighted by Gasteiger charge is -2.23. The maximum atomic E-state index is 12.8. The standard InChI is InChI=1S/C21H24O4/c1-12(2)16-7-6-13(3)5-4-8-21-18(25-21)10-14-9-15(22)11-17(16)19(14)24-20(21)23/h5,9,11,16,18,22H,1,4,6-8,10H2,2-3H3. The first-order valence-corrected chi connectivity index (χ1v) is 8.97. The van der Waals surface area contributed by atoms with Crippen molar-refractivity contribution in [1.82, 2.24) is 0 Å². The Kier molecular flexibility index (Phi) is 3.76. The van der Waals surface area contributed by atoms with Crippen LogP contribution in [0.3, 0.4) is 0 Å². The first kappa shape index (κ1) is 16.4. The van der Waals surface area contributed by atoms with Crippen LogP contribution in [-0.4, -0.2) is 22.8 Å². The van der Waals surface area contributed by atoms with Crippen molar-refractivity contribution in [2.24, 2.45) is 0 Å². The Morgan fingerprint density at radius 1 is 1.40 bits per heavy atom. The van der Waals surface area contributed by atoms with Crippen LogP contribution in [0.25, 0.3) is 0 Å². The highest BCUT2D eigenvalue weighted by molar-refractivity contribution is 5.87. The number of hydrogen-bond donors (Lipinski definition) is 1. The van der Waals surface area contributed by atoms with Crippen LogP contribution in [-0.2, 0) is 16.0 Å². The normalized spacial score (nSPS) is 31.0. The van der Waals surface area contributed by atoms with Crippen LogP contribution in [0, 0.1) is 0 Å². The molecule has 3 aliphatic rings. The molecule has 132 valence electrons. The Morgan fingerprint density at radius 3 is 2.96 bits per heavy atom. The number of fused-ring (bicyclic) bond motifs is 1. The number of allylic oxidation sites excluding steroid dienone is 3. The quantitative estimate of drug-likeness (QED) is 0.361. The summed E-state index contributed by atoms with van der Waals surface area (Å²) in [6.45, 7) is 8.27. The third kappa shape index (κ3) is 2.69. The number of hydrogen-bond acceptors (Lipinski definition) is 4. The van der Waals surface area contributed by atoms with Crippen LogP contribution in [0.15, 0.2) is 35.9 Å². The molecule has 4 heteroatoms. The van der Waals surface area contributed by atoms with Gasteiger partial charge in [0.1, 0.15) is 17.6 Å². The van der Waals surface area contributed by atoms with Crippen LogP contribution in [0.4, 0.5) is 0 Å². The number of esters is 1. The lowest BCUT2D eigenvalue weighted by Crippen LogP contribution is -2.31. The fourth-order valence-electron chi connectivity index (χ4n) is 4.21. The second-order valence-electron chi connectivity index (χ2n) is 7.64. The van der Waals surface area contributed by atoms with E-state index in [1.807, 2.05) is 6.92 Å². The molecule has 3 unspecified atom stereocenters.